The number of benzene rings is 1. The molecule has 1 N–H and O–H groups in total. The second-order valence-electron chi connectivity index (χ2n) is 3.83. The summed E-state index contributed by atoms with van der Waals surface area (Å²) in [4.78, 5) is 0. The number of rotatable bonds is 3. The van der Waals surface area contributed by atoms with E-state index in [-0.39, 0.29) is 0 Å². The molecule has 0 unspecified atom stereocenters. The molecule has 0 amide bonds. The number of aromatic nitrogens is 2. The highest BCUT2D eigenvalue weighted by Crippen LogP contribution is 2.22. The third kappa shape index (κ3) is 2.82. The van der Waals surface area contributed by atoms with Crippen molar-refractivity contribution in [3.8, 4) is 0 Å². The Morgan fingerprint density at radius 3 is 2.82 bits per heavy atom. The Balaban J connectivity index is 2.12. The van der Waals surface area contributed by atoms with Gasteiger partial charge in [-0.3, -0.25) is 4.68 Å². The van der Waals surface area contributed by atoms with Gasteiger partial charge >= 0.3 is 0 Å². The van der Waals surface area contributed by atoms with E-state index in [1.54, 1.807) is 0 Å². The summed E-state index contributed by atoms with van der Waals surface area (Å²) < 4.78 is 2.92. The molecule has 5 heteroatoms. The number of nitrogens with one attached hydrogen (secondary N) is 1. The van der Waals surface area contributed by atoms with Gasteiger partial charge in [-0.2, -0.15) is 5.10 Å². The molecule has 1 aromatic carbocycles. The van der Waals surface area contributed by atoms with Gasteiger partial charge in [-0.05, 0) is 41.1 Å². The van der Waals surface area contributed by atoms with Crippen LogP contribution in [-0.2, 0) is 13.6 Å². The van der Waals surface area contributed by atoms with Crippen molar-refractivity contribution in [2.24, 2.45) is 7.05 Å². The van der Waals surface area contributed by atoms with Gasteiger partial charge in [-0.1, -0.05) is 17.7 Å². The first-order chi connectivity index (χ1) is 8.08. The third-order valence-corrected chi connectivity index (χ3v) is 3.81. The molecule has 1 heterocycles. The second-order valence-corrected chi connectivity index (χ2v) is 5.06. The molecule has 90 valence electrons. The molecular weight excluding hydrogens is 302 g/mol. The van der Waals surface area contributed by atoms with E-state index in [0.29, 0.717) is 6.54 Å². The molecule has 0 fully saturated rings. The largest absolute Gasteiger partial charge is 0.379 e. The molecule has 0 bridgehead atoms. The molecule has 0 radical (unpaired) electrons. The highest BCUT2D eigenvalue weighted by atomic mass is 79.9. The average molecular weight is 315 g/mol. The van der Waals surface area contributed by atoms with Crippen molar-refractivity contribution in [2.75, 3.05) is 5.32 Å². The van der Waals surface area contributed by atoms with Crippen LogP contribution in [0.1, 0.15) is 11.4 Å². The van der Waals surface area contributed by atoms with Crippen LogP contribution < -0.4 is 5.32 Å². The molecule has 0 saturated carbocycles. The quantitative estimate of drug-likeness (QED) is 0.935. The summed E-state index contributed by atoms with van der Waals surface area (Å²) >= 11 is 9.47. The second kappa shape index (κ2) is 5.10. The summed E-state index contributed by atoms with van der Waals surface area (Å²) in [5.74, 6) is 0. The lowest BCUT2D eigenvalue weighted by molar-refractivity contribution is 0.712. The van der Waals surface area contributed by atoms with Crippen LogP contribution in [0.4, 0.5) is 5.69 Å². The first-order valence-corrected chi connectivity index (χ1v) is 6.42. The summed E-state index contributed by atoms with van der Waals surface area (Å²) in [6.07, 6.45) is 0. The molecule has 0 saturated heterocycles. The molecule has 0 aliphatic rings. The highest BCUT2D eigenvalue weighted by molar-refractivity contribution is 9.10. The minimum absolute atomic E-state index is 0.707. The number of nitrogens with zero attached hydrogens (tertiary/aromatic N) is 2. The van der Waals surface area contributed by atoms with Crippen molar-refractivity contribution in [1.82, 2.24) is 9.78 Å². The van der Waals surface area contributed by atoms with Gasteiger partial charge < -0.3 is 5.32 Å². The topological polar surface area (TPSA) is 29.9 Å². The van der Waals surface area contributed by atoms with E-state index in [4.69, 9.17) is 11.6 Å². The number of anilines is 1. The Hall–Kier alpha value is -1.000. The van der Waals surface area contributed by atoms with E-state index in [0.717, 1.165) is 26.6 Å². The van der Waals surface area contributed by atoms with E-state index in [1.165, 1.54) is 0 Å². The van der Waals surface area contributed by atoms with E-state index >= 15 is 0 Å². The predicted molar refractivity (Wildman–Crippen MR) is 74.4 cm³/mol. The van der Waals surface area contributed by atoms with Gasteiger partial charge in [0.05, 0.1) is 22.4 Å². The van der Waals surface area contributed by atoms with Gasteiger partial charge in [0.25, 0.3) is 0 Å². The SMILES string of the molecule is Cc1nn(C)c(CNc2cccc(Cl)c2)c1Br. The van der Waals surface area contributed by atoms with Gasteiger partial charge in [0.15, 0.2) is 0 Å². The summed E-state index contributed by atoms with van der Waals surface area (Å²) in [6, 6.07) is 7.67. The van der Waals surface area contributed by atoms with Crippen molar-refractivity contribution >= 4 is 33.2 Å². The minimum Gasteiger partial charge on any atom is -0.379 e. The Morgan fingerprint density at radius 2 is 2.24 bits per heavy atom. The standard InChI is InChI=1S/C12H13BrClN3/c1-8-12(13)11(17(2)16-8)7-15-10-5-3-4-9(14)6-10/h3-6,15H,7H2,1-2H3. The van der Waals surface area contributed by atoms with Crippen LogP contribution >= 0.6 is 27.5 Å². The van der Waals surface area contributed by atoms with Gasteiger partial charge in [-0.15, -0.1) is 0 Å². The molecular formula is C12H13BrClN3. The fourth-order valence-corrected chi connectivity index (χ4v) is 2.32. The van der Waals surface area contributed by atoms with Gasteiger partial charge in [0.1, 0.15) is 0 Å². The monoisotopic (exact) mass is 313 g/mol. The number of hydrogen-bond donors (Lipinski definition) is 1. The van der Waals surface area contributed by atoms with Gasteiger partial charge in [-0.25, -0.2) is 0 Å². The zero-order valence-corrected chi connectivity index (χ0v) is 12.0. The molecule has 2 aromatic rings. The number of hydrogen-bond acceptors (Lipinski definition) is 2. The smallest absolute Gasteiger partial charge is 0.0739 e. The fraction of sp³-hybridized carbons (Fsp3) is 0.250. The molecule has 2 rings (SSSR count). The maximum atomic E-state index is 5.93. The first kappa shape index (κ1) is 12.5. The summed E-state index contributed by atoms with van der Waals surface area (Å²) in [6.45, 7) is 2.69. The normalized spacial score (nSPS) is 10.6. The van der Waals surface area contributed by atoms with Crippen LogP contribution in [0.25, 0.3) is 0 Å². The summed E-state index contributed by atoms with van der Waals surface area (Å²) in [5.41, 5.74) is 3.11. The van der Waals surface area contributed by atoms with Crippen LogP contribution in [-0.4, -0.2) is 9.78 Å². The lowest BCUT2D eigenvalue weighted by atomic mass is 10.3. The molecule has 17 heavy (non-hydrogen) atoms. The zero-order chi connectivity index (χ0) is 12.4. The Morgan fingerprint density at radius 1 is 1.47 bits per heavy atom. The van der Waals surface area contributed by atoms with E-state index in [2.05, 4.69) is 26.3 Å². The summed E-state index contributed by atoms with van der Waals surface area (Å²) in [7, 11) is 1.94. The molecule has 0 aliphatic carbocycles. The van der Waals surface area contributed by atoms with Crippen LogP contribution in [0.5, 0.6) is 0 Å². The molecule has 0 spiro atoms. The molecule has 0 aliphatic heterocycles. The third-order valence-electron chi connectivity index (χ3n) is 2.55. The van der Waals surface area contributed by atoms with Crippen molar-refractivity contribution in [1.29, 1.82) is 0 Å². The van der Waals surface area contributed by atoms with Gasteiger partial charge in [0.2, 0.25) is 0 Å². The van der Waals surface area contributed by atoms with E-state index < -0.39 is 0 Å². The Bertz CT molecular complexity index is 537. The zero-order valence-electron chi connectivity index (χ0n) is 9.67. The van der Waals surface area contributed by atoms with Crippen molar-refractivity contribution in [3.63, 3.8) is 0 Å². The Labute approximate surface area is 114 Å². The predicted octanol–water partition coefficient (Wildman–Crippen LogP) is 3.76. The van der Waals surface area contributed by atoms with Crippen LogP contribution in [0, 0.1) is 6.92 Å². The van der Waals surface area contributed by atoms with Crippen molar-refractivity contribution in [3.05, 3.63) is 45.1 Å². The lowest BCUT2D eigenvalue weighted by Gasteiger charge is -2.07. The average Bonchev–Trinajstić information content (AvgIpc) is 2.51. The van der Waals surface area contributed by atoms with Crippen LogP contribution in [0.2, 0.25) is 5.02 Å². The van der Waals surface area contributed by atoms with Crippen molar-refractivity contribution in [2.45, 2.75) is 13.5 Å². The van der Waals surface area contributed by atoms with Gasteiger partial charge in [0, 0.05) is 17.8 Å². The van der Waals surface area contributed by atoms with E-state index in [1.807, 2.05) is 42.9 Å². The maximum absolute atomic E-state index is 5.93. The fourth-order valence-electron chi connectivity index (χ4n) is 1.66. The van der Waals surface area contributed by atoms with Crippen LogP contribution in [0.3, 0.4) is 0 Å². The first-order valence-electron chi connectivity index (χ1n) is 5.25. The molecule has 0 atom stereocenters. The molecule has 3 nitrogen and oxygen atoms in total. The Kier molecular flexibility index (Phi) is 3.74. The summed E-state index contributed by atoms with van der Waals surface area (Å²) in [5, 5.41) is 8.40. The maximum Gasteiger partial charge on any atom is 0.0739 e. The number of aryl methyl sites for hydroxylation is 2. The minimum atomic E-state index is 0.707. The van der Waals surface area contributed by atoms with Crippen molar-refractivity contribution < 1.29 is 0 Å². The highest BCUT2D eigenvalue weighted by Gasteiger charge is 2.09. The lowest BCUT2D eigenvalue weighted by Crippen LogP contribution is -2.05. The molecule has 1 aromatic heterocycles. The van der Waals surface area contributed by atoms with Crippen LogP contribution in [0.15, 0.2) is 28.7 Å². The number of halogens is 2. The van der Waals surface area contributed by atoms with E-state index in [9.17, 15) is 0 Å².